The summed E-state index contributed by atoms with van der Waals surface area (Å²) in [6.07, 6.45) is -0.217. The topological polar surface area (TPSA) is 73.1 Å². The lowest BCUT2D eigenvalue weighted by atomic mass is 10.2. The Balaban J connectivity index is 1.57. The van der Waals surface area contributed by atoms with E-state index in [2.05, 4.69) is 15.4 Å². The van der Waals surface area contributed by atoms with Crippen molar-refractivity contribution in [2.24, 2.45) is 18.9 Å². The number of aryl methyl sites for hydroxylation is 1. The highest BCUT2D eigenvalue weighted by molar-refractivity contribution is 5.69. The molecule has 19 heavy (non-hydrogen) atoms. The molecule has 3 rings (SSSR count). The van der Waals surface area contributed by atoms with Crippen molar-refractivity contribution in [1.82, 2.24) is 25.1 Å². The fourth-order valence-electron chi connectivity index (χ4n) is 2.82. The van der Waals surface area contributed by atoms with E-state index in [0.717, 1.165) is 18.9 Å². The van der Waals surface area contributed by atoms with Crippen LogP contribution in [0.4, 0.5) is 4.79 Å². The number of hydrogen-bond donors (Lipinski definition) is 0. The maximum absolute atomic E-state index is 11.9. The average molecular weight is 265 g/mol. The van der Waals surface area contributed by atoms with Crippen molar-refractivity contribution < 1.29 is 9.53 Å². The number of rotatable bonds is 1. The maximum atomic E-state index is 11.9. The first kappa shape index (κ1) is 12.4. The van der Waals surface area contributed by atoms with Gasteiger partial charge in [-0.2, -0.15) is 4.80 Å². The molecule has 1 aliphatic carbocycles. The molecule has 7 heteroatoms. The third-order valence-electron chi connectivity index (χ3n) is 3.67. The standard InChI is InChI=1S/C12H19N5O2/c1-12(2,3)19-11(18)17-5-7-8(6-17)9(7)10-13-15-16(4)14-10/h7-9H,5-6H2,1-4H3/t7-,8+,9?. The summed E-state index contributed by atoms with van der Waals surface area (Å²) >= 11 is 0. The van der Waals surface area contributed by atoms with Crippen molar-refractivity contribution in [2.75, 3.05) is 13.1 Å². The zero-order valence-electron chi connectivity index (χ0n) is 11.7. The van der Waals surface area contributed by atoms with E-state index in [4.69, 9.17) is 4.74 Å². The number of carbonyl (C=O) groups is 1. The van der Waals surface area contributed by atoms with Gasteiger partial charge in [0.05, 0.1) is 7.05 Å². The van der Waals surface area contributed by atoms with Crippen LogP contribution < -0.4 is 0 Å². The summed E-state index contributed by atoms with van der Waals surface area (Å²) in [5, 5.41) is 12.2. The first-order valence-corrected chi connectivity index (χ1v) is 6.57. The molecule has 0 N–H and O–H groups in total. The van der Waals surface area contributed by atoms with Gasteiger partial charge in [-0.1, -0.05) is 0 Å². The Labute approximate surface area is 111 Å². The van der Waals surface area contributed by atoms with E-state index in [0.29, 0.717) is 17.8 Å². The number of aromatic nitrogens is 4. The normalized spacial score (nSPS) is 29.3. The number of likely N-dealkylation sites (tertiary alicyclic amines) is 1. The molecule has 0 bridgehead atoms. The van der Waals surface area contributed by atoms with Gasteiger partial charge in [0.2, 0.25) is 0 Å². The zero-order valence-corrected chi connectivity index (χ0v) is 11.7. The SMILES string of the molecule is Cn1nnc(C2[C@H]3CN(C(=O)OC(C)(C)C)C[C@@H]23)n1. The number of piperidine rings is 1. The molecule has 1 unspecified atom stereocenters. The number of tetrazole rings is 1. The monoisotopic (exact) mass is 265 g/mol. The quantitative estimate of drug-likeness (QED) is 0.750. The minimum absolute atomic E-state index is 0.217. The van der Waals surface area contributed by atoms with Crippen LogP contribution in [0.25, 0.3) is 0 Å². The molecule has 104 valence electrons. The molecule has 3 atom stereocenters. The second-order valence-corrected chi connectivity index (χ2v) is 6.38. The fraction of sp³-hybridized carbons (Fsp3) is 0.833. The van der Waals surface area contributed by atoms with E-state index in [-0.39, 0.29) is 6.09 Å². The molecule has 1 aromatic rings. The molecule has 2 heterocycles. The van der Waals surface area contributed by atoms with Crippen LogP contribution in [0, 0.1) is 11.8 Å². The van der Waals surface area contributed by atoms with Crippen molar-refractivity contribution in [2.45, 2.75) is 32.3 Å². The molecule has 2 fully saturated rings. The van der Waals surface area contributed by atoms with Gasteiger partial charge in [-0.05, 0) is 37.8 Å². The minimum atomic E-state index is -0.435. The number of ether oxygens (including phenoxy) is 1. The van der Waals surface area contributed by atoms with E-state index in [9.17, 15) is 4.79 Å². The second kappa shape index (κ2) is 3.91. The third kappa shape index (κ3) is 2.29. The smallest absolute Gasteiger partial charge is 0.410 e. The lowest BCUT2D eigenvalue weighted by Gasteiger charge is -2.25. The Morgan fingerprint density at radius 2 is 1.95 bits per heavy atom. The van der Waals surface area contributed by atoms with Gasteiger partial charge < -0.3 is 9.64 Å². The highest BCUT2D eigenvalue weighted by Crippen LogP contribution is 2.57. The number of nitrogens with zero attached hydrogens (tertiary/aromatic N) is 5. The summed E-state index contributed by atoms with van der Waals surface area (Å²) in [5.74, 6) is 2.11. The van der Waals surface area contributed by atoms with Crippen LogP contribution in [0.3, 0.4) is 0 Å². The number of amides is 1. The highest BCUT2D eigenvalue weighted by atomic mass is 16.6. The Morgan fingerprint density at radius 3 is 2.42 bits per heavy atom. The summed E-state index contributed by atoms with van der Waals surface area (Å²) < 4.78 is 5.37. The van der Waals surface area contributed by atoms with E-state index in [1.165, 1.54) is 4.80 Å². The van der Waals surface area contributed by atoms with Crippen LogP contribution in [0.5, 0.6) is 0 Å². The van der Waals surface area contributed by atoms with Gasteiger partial charge in [0, 0.05) is 19.0 Å². The van der Waals surface area contributed by atoms with Crippen LogP contribution in [-0.4, -0.2) is 49.9 Å². The predicted octanol–water partition coefficient (Wildman–Crippen LogP) is 0.790. The summed E-state index contributed by atoms with van der Waals surface area (Å²) in [5.41, 5.74) is -0.435. The first-order valence-electron chi connectivity index (χ1n) is 6.57. The van der Waals surface area contributed by atoms with Gasteiger partial charge in [-0.25, -0.2) is 4.79 Å². The molecule has 0 aromatic carbocycles. The van der Waals surface area contributed by atoms with Crippen molar-refractivity contribution in [3.63, 3.8) is 0 Å². The van der Waals surface area contributed by atoms with Crippen LogP contribution in [0.1, 0.15) is 32.5 Å². The lowest BCUT2D eigenvalue weighted by Crippen LogP contribution is -2.36. The van der Waals surface area contributed by atoms with Crippen LogP contribution in [-0.2, 0) is 11.8 Å². The lowest BCUT2D eigenvalue weighted by molar-refractivity contribution is 0.0270. The van der Waals surface area contributed by atoms with Crippen molar-refractivity contribution in [1.29, 1.82) is 0 Å². The third-order valence-corrected chi connectivity index (χ3v) is 3.67. The highest BCUT2D eigenvalue weighted by Gasteiger charge is 2.59. The number of hydrogen-bond acceptors (Lipinski definition) is 5. The fourth-order valence-corrected chi connectivity index (χ4v) is 2.82. The van der Waals surface area contributed by atoms with E-state index in [1.807, 2.05) is 20.8 Å². The molecule has 1 saturated heterocycles. The average Bonchev–Trinajstić information content (AvgIpc) is 2.67. The van der Waals surface area contributed by atoms with Crippen LogP contribution >= 0.6 is 0 Å². The molecular formula is C12H19N5O2. The molecule has 2 aliphatic rings. The molecule has 1 saturated carbocycles. The molecule has 0 spiro atoms. The number of fused-ring (bicyclic) bond motifs is 1. The van der Waals surface area contributed by atoms with Gasteiger partial charge in [0.15, 0.2) is 5.82 Å². The predicted molar refractivity (Wildman–Crippen MR) is 66.3 cm³/mol. The van der Waals surface area contributed by atoms with Crippen LogP contribution in [0.15, 0.2) is 0 Å². The maximum Gasteiger partial charge on any atom is 0.410 e. The zero-order chi connectivity index (χ0) is 13.8. The van der Waals surface area contributed by atoms with Gasteiger partial charge in [0.1, 0.15) is 5.60 Å². The largest absolute Gasteiger partial charge is 0.444 e. The summed E-state index contributed by atoms with van der Waals surface area (Å²) in [7, 11) is 1.77. The van der Waals surface area contributed by atoms with Gasteiger partial charge in [0.25, 0.3) is 0 Å². The van der Waals surface area contributed by atoms with Crippen molar-refractivity contribution >= 4 is 6.09 Å². The van der Waals surface area contributed by atoms with Crippen molar-refractivity contribution in [3.05, 3.63) is 5.82 Å². The molecular weight excluding hydrogens is 246 g/mol. The Kier molecular flexibility index (Phi) is 2.55. The summed E-state index contributed by atoms with van der Waals surface area (Å²) in [6, 6.07) is 0. The van der Waals surface area contributed by atoms with Crippen molar-refractivity contribution in [3.8, 4) is 0 Å². The van der Waals surface area contributed by atoms with Gasteiger partial charge >= 0.3 is 6.09 Å². The Morgan fingerprint density at radius 1 is 1.32 bits per heavy atom. The Hall–Kier alpha value is -1.66. The first-order chi connectivity index (χ1) is 8.85. The van der Waals surface area contributed by atoms with Crippen LogP contribution in [0.2, 0.25) is 0 Å². The summed E-state index contributed by atoms with van der Waals surface area (Å²) in [6.45, 7) is 7.13. The van der Waals surface area contributed by atoms with Gasteiger partial charge in [-0.3, -0.25) is 0 Å². The molecule has 7 nitrogen and oxygen atoms in total. The number of carbonyl (C=O) groups excluding carboxylic acids is 1. The van der Waals surface area contributed by atoms with E-state index < -0.39 is 5.60 Å². The van der Waals surface area contributed by atoms with Gasteiger partial charge in [-0.15, -0.1) is 10.2 Å². The molecule has 1 amide bonds. The molecule has 1 aliphatic heterocycles. The second-order valence-electron chi connectivity index (χ2n) is 6.38. The van der Waals surface area contributed by atoms with E-state index in [1.54, 1.807) is 11.9 Å². The molecule has 0 radical (unpaired) electrons. The van der Waals surface area contributed by atoms with E-state index >= 15 is 0 Å². The molecule has 1 aromatic heterocycles. The minimum Gasteiger partial charge on any atom is -0.444 e. The summed E-state index contributed by atoms with van der Waals surface area (Å²) in [4.78, 5) is 15.2. The Bertz CT molecular complexity index is 494.